The van der Waals surface area contributed by atoms with Gasteiger partial charge in [0.1, 0.15) is 5.76 Å². The lowest BCUT2D eigenvalue weighted by Crippen LogP contribution is -1.91. The monoisotopic (exact) mass is 276 g/mol. The van der Waals surface area contributed by atoms with Gasteiger partial charge in [-0.25, -0.2) is 3.63 Å². The third-order valence-electron chi connectivity index (χ3n) is 2.07. The van der Waals surface area contributed by atoms with E-state index in [4.69, 9.17) is 17.5 Å². The first-order valence-corrected chi connectivity index (χ1v) is 7.31. The molecular formula is C11H16O4S2. The molecule has 0 N–H and O–H groups in total. The number of hydrogen-bond acceptors (Lipinski definition) is 6. The Bertz CT molecular complexity index is 282. The zero-order valence-corrected chi connectivity index (χ0v) is 11.3. The van der Waals surface area contributed by atoms with Crippen LogP contribution in [0.5, 0.6) is 0 Å². The molecule has 2 aliphatic rings. The zero-order chi connectivity index (χ0) is 11.9. The molecule has 0 aromatic carbocycles. The third kappa shape index (κ3) is 7.00. The molecule has 96 valence electrons. The highest BCUT2D eigenvalue weighted by atomic mass is 32.2. The van der Waals surface area contributed by atoms with Gasteiger partial charge in [0.05, 0.1) is 31.7 Å². The Kier molecular flexibility index (Phi) is 5.73. The van der Waals surface area contributed by atoms with Crippen LogP contribution in [0, 0.1) is 6.92 Å². The van der Waals surface area contributed by atoms with Crippen LogP contribution in [0.1, 0.15) is 5.76 Å². The molecule has 3 heterocycles. The smallest absolute Gasteiger partial charge is 0.100 e. The van der Waals surface area contributed by atoms with Gasteiger partial charge in [0.25, 0.3) is 0 Å². The largest absolute Gasteiger partial charge is 0.470 e. The van der Waals surface area contributed by atoms with Gasteiger partial charge < -0.3 is 13.9 Å². The lowest BCUT2D eigenvalue weighted by Gasteiger charge is -1.96. The molecular weight excluding hydrogens is 260 g/mol. The van der Waals surface area contributed by atoms with Gasteiger partial charge in [-0.2, -0.15) is 0 Å². The van der Waals surface area contributed by atoms with Gasteiger partial charge in [-0.15, -0.1) is 0 Å². The molecule has 1 aromatic rings. The normalized spacial score (nSPS) is 25.0. The summed E-state index contributed by atoms with van der Waals surface area (Å²) in [6.45, 7) is 3.74. The van der Waals surface area contributed by atoms with Crippen LogP contribution in [0.2, 0.25) is 0 Å². The molecule has 0 saturated carbocycles. The average molecular weight is 276 g/mol. The van der Waals surface area contributed by atoms with Crippen LogP contribution in [0.4, 0.5) is 0 Å². The molecule has 2 saturated heterocycles. The highest BCUT2D eigenvalue weighted by Gasteiger charge is 2.24. The molecule has 2 atom stereocenters. The van der Waals surface area contributed by atoms with E-state index in [0.717, 1.165) is 30.5 Å². The maximum absolute atomic E-state index is 5.21. The summed E-state index contributed by atoms with van der Waals surface area (Å²) < 4.78 is 20.1. The van der Waals surface area contributed by atoms with Crippen LogP contribution < -0.4 is 0 Å². The average Bonchev–Trinajstić information content (AvgIpc) is 3.23. The minimum absolute atomic E-state index is 0.456. The summed E-state index contributed by atoms with van der Waals surface area (Å²) in [6, 6.07) is 3.79. The van der Waals surface area contributed by atoms with Gasteiger partial charge in [-0.05, 0) is 19.1 Å². The molecule has 0 radical (unpaired) electrons. The summed E-state index contributed by atoms with van der Waals surface area (Å²) >= 11 is 2.95. The second-order valence-electron chi connectivity index (χ2n) is 3.77. The maximum atomic E-state index is 5.21. The fraction of sp³-hybridized carbons (Fsp3) is 0.636. The molecule has 3 rings (SSSR count). The SMILES string of the molecule is C1OC1CSOSCC1CO1.Cc1ccco1. The minimum atomic E-state index is 0.456. The van der Waals surface area contributed by atoms with Gasteiger partial charge in [-0.1, -0.05) is 0 Å². The number of ether oxygens (including phenoxy) is 2. The third-order valence-corrected chi connectivity index (χ3v) is 3.86. The summed E-state index contributed by atoms with van der Waals surface area (Å²) in [5.41, 5.74) is 0. The lowest BCUT2D eigenvalue weighted by atomic mass is 10.5. The molecule has 0 amide bonds. The van der Waals surface area contributed by atoms with E-state index in [1.54, 1.807) is 6.26 Å². The van der Waals surface area contributed by atoms with Crippen molar-refractivity contribution in [2.24, 2.45) is 0 Å². The molecule has 2 unspecified atom stereocenters. The maximum Gasteiger partial charge on any atom is 0.100 e. The highest BCUT2D eigenvalue weighted by Crippen LogP contribution is 2.24. The van der Waals surface area contributed by atoms with Crippen molar-refractivity contribution in [1.82, 2.24) is 0 Å². The van der Waals surface area contributed by atoms with E-state index in [1.165, 1.54) is 24.1 Å². The van der Waals surface area contributed by atoms with Gasteiger partial charge >= 0.3 is 0 Å². The number of hydrogen-bond donors (Lipinski definition) is 0. The molecule has 17 heavy (non-hydrogen) atoms. The Balaban J connectivity index is 0.000000153. The van der Waals surface area contributed by atoms with Crippen LogP contribution in [0.3, 0.4) is 0 Å². The Labute approximate surface area is 110 Å². The van der Waals surface area contributed by atoms with Crippen molar-refractivity contribution >= 4 is 24.1 Å². The van der Waals surface area contributed by atoms with Crippen LogP contribution >= 0.6 is 24.1 Å². The van der Waals surface area contributed by atoms with E-state index in [-0.39, 0.29) is 0 Å². The second-order valence-corrected chi connectivity index (χ2v) is 5.45. The van der Waals surface area contributed by atoms with E-state index in [9.17, 15) is 0 Å². The van der Waals surface area contributed by atoms with Gasteiger partial charge in [0, 0.05) is 35.6 Å². The molecule has 0 bridgehead atoms. The van der Waals surface area contributed by atoms with Crippen LogP contribution in [-0.4, -0.2) is 36.9 Å². The van der Waals surface area contributed by atoms with Gasteiger partial charge in [0.15, 0.2) is 0 Å². The van der Waals surface area contributed by atoms with Crippen molar-refractivity contribution in [2.45, 2.75) is 19.1 Å². The van der Waals surface area contributed by atoms with E-state index in [1.807, 2.05) is 19.1 Å². The number of furan rings is 1. The number of aryl methyl sites for hydroxylation is 1. The Morgan fingerprint density at radius 3 is 2.12 bits per heavy atom. The van der Waals surface area contributed by atoms with Crippen LogP contribution in [0.15, 0.2) is 22.8 Å². The fourth-order valence-corrected chi connectivity index (χ4v) is 2.34. The van der Waals surface area contributed by atoms with Crippen molar-refractivity contribution in [3.63, 3.8) is 0 Å². The Morgan fingerprint density at radius 1 is 1.24 bits per heavy atom. The highest BCUT2D eigenvalue weighted by molar-refractivity contribution is 8.07. The molecule has 2 fully saturated rings. The van der Waals surface area contributed by atoms with E-state index >= 15 is 0 Å². The predicted molar refractivity (Wildman–Crippen MR) is 68.9 cm³/mol. The minimum Gasteiger partial charge on any atom is -0.470 e. The molecule has 1 aromatic heterocycles. The van der Waals surface area contributed by atoms with E-state index < -0.39 is 0 Å². The first-order valence-electron chi connectivity index (χ1n) is 5.49. The van der Waals surface area contributed by atoms with Crippen LogP contribution in [0.25, 0.3) is 0 Å². The summed E-state index contributed by atoms with van der Waals surface area (Å²) in [4.78, 5) is 0. The zero-order valence-electron chi connectivity index (χ0n) is 9.66. The first-order chi connectivity index (χ1) is 8.34. The Hall–Kier alpha value is -0.140. The van der Waals surface area contributed by atoms with Gasteiger partial charge in [-0.3, -0.25) is 0 Å². The summed E-state index contributed by atoms with van der Waals surface area (Å²) in [7, 11) is 0. The molecule has 0 spiro atoms. The molecule has 6 heteroatoms. The van der Waals surface area contributed by atoms with Crippen molar-refractivity contribution in [1.29, 1.82) is 0 Å². The van der Waals surface area contributed by atoms with E-state index in [2.05, 4.69) is 0 Å². The second kappa shape index (κ2) is 7.33. The number of rotatable bonds is 6. The van der Waals surface area contributed by atoms with Gasteiger partial charge in [0.2, 0.25) is 0 Å². The predicted octanol–water partition coefficient (Wildman–Crippen LogP) is 2.69. The van der Waals surface area contributed by atoms with Crippen molar-refractivity contribution in [2.75, 3.05) is 24.7 Å². The number of epoxide rings is 2. The van der Waals surface area contributed by atoms with Crippen LogP contribution in [-0.2, 0) is 13.1 Å². The molecule has 2 aliphatic heterocycles. The lowest BCUT2D eigenvalue weighted by molar-refractivity contribution is 0.424. The summed E-state index contributed by atoms with van der Waals surface area (Å²) in [5.74, 6) is 2.88. The van der Waals surface area contributed by atoms with Crippen molar-refractivity contribution in [3.8, 4) is 0 Å². The van der Waals surface area contributed by atoms with Crippen molar-refractivity contribution in [3.05, 3.63) is 24.2 Å². The fourth-order valence-electron chi connectivity index (χ4n) is 0.931. The van der Waals surface area contributed by atoms with E-state index in [0.29, 0.717) is 12.2 Å². The topological polar surface area (TPSA) is 47.4 Å². The first kappa shape index (κ1) is 13.3. The Morgan fingerprint density at radius 2 is 1.82 bits per heavy atom. The summed E-state index contributed by atoms with van der Waals surface area (Å²) in [5, 5.41) is 0. The molecule has 4 nitrogen and oxygen atoms in total. The molecule has 0 aliphatic carbocycles. The van der Waals surface area contributed by atoms with Crippen molar-refractivity contribution < 1.29 is 17.5 Å². The quantitative estimate of drug-likeness (QED) is 0.452. The summed E-state index contributed by atoms with van der Waals surface area (Å²) in [6.07, 6.45) is 2.57. The standard InChI is InChI=1S/C6H10O3S2.C5H6O/c1-5(7-1)3-10-9-11-4-6-2-8-6;1-5-3-2-4-6-5/h5-6H,1-4H2;2-4H,1H3.